The molecule has 0 spiro atoms. The van der Waals surface area contributed by atoms with Crippen LogP contribution < -0.4 is 10.9 Å². The number of aromatic amines is 1. The van der Waals surface area contributed by atoms with Gasteiger partial charge >= 0.3 is 0 Å². The highest BCUT2D eigenvalue weighted by atomic mass is 32.1. The number of benzene rings is 2. The second kappa shape index (κ2) is 7.66. The van der Waals surface area contributed by atoms with Gasteiger partial charge < -0.3 is 14.7 Å². The second-order valence-electron chi connectivity index (χ2n) is 6.92. The van der Waals surface area contributed by atoms with Crippen LogP contribution in [0.2, 0.25) is 0 Å². The van der Waals surface area contributed by atoms with Crippen LogP contribution in [0.4, 0.5) is 5.69 Å². The average Bonchev–Trinajstić information content (AvgIpc) is 3.40. The summed E-state index contributed by atoms with van der Waals surface area (Å²) in [7, 11) is 0. The van der Waals surface area contributed by atoms with Crippen LogP contribution in [-0.4, -0.2) is 20.9 Å². The highest BCUT2D eigenvalue weighted by molar-refractivity contribution is 7.21. The fourth-order valence-corrected chi connectivity index (χ4v) is 4.13. The Labute approximate surface area is 180 Å². The molecule has 2 N–H and O–H groups in total. The van der Waals surface area contributed by atoms with Crippen molar-refractivity contribution >= 4 is 33.1 Å². The van der Waals surface area contributed by atoms with Crippen LogP contribution in [0.15, 0.2) is 75.9 Å². The van der Waals surface area contributed by atoms with Gasteiger partial charge in [-0.05, 0) is 43.3 Å². The highest BCUT2D eigenvalue weighted by Gasteiger charge is 2.15. The Morgan fingerprint density at radius 2 is 1.90 bits per heavy atom. The third-order valence-electron chi connectivity index (χ3n) is 4.60. The van der Waals surface area contributed by atoms with E-state index in [0.29, 0.717) is 28.5 Å². The summed E-state index contributed by atoms with van der Waals surface area (Å²) >= 11 is 1.51. The van der Waals surface area contributed by atoms with Crippen molar-refractivity contribution in [3.8, 4) is 22.2 Å². The van der Waals surface area contributed by atoms with Gasteiger partial charge in [-0.1, -0.05) is 24.3 Å². The van der Waals surface area contributed by atoms with E-state index < -0.39 is 0 Å². The minimum absolute atomic E-state index is 0.182. The van der Waals surface area contributed by atoms with Crippen molar-refractivity contribution in [1.82, 2.24) is 15.0 Å². The number of fused-ring (bicyclic) bond motifs is 1. The molecule has 7 nitrogen and oxygen atoms in total. The first kappa shape index (κ1) is 19.0. The number of H-pyrrole nitrogens is 1. The van der Waals surface area contributed by atoms with Crippen LogP contribution in [0.3, 0.4) is 0 Å². The molecule has 3 heterocycles. The normalized spacial score (nSPS) is 11.0. The molecule has 0 saturated heterocycles. The molecule has 31 heavy (non-hydrogen) atoms. The van der Waals surface area contributed by atoms with Gasteiger partial charge in [0.1, 0.15) is 5.82 Å². The Bertz CT molecular complexity index is 1450. The highest BCUT2D eigenvalue weighted by Crippen LogP contribution is 2.31. The molecule has 3 aromatic heterocycles. The largest absolute Gasteiger partial charge is 0.448 e. The number of thiazole rings is 1. The third kappa shape index (κ3) is 3.88. The number of anilines is 1. The molecule has 5 rings (SSSR count). The SMILES string of the molecule is Cc1cc(=O)[nH]c(-c2cccc(NC(=O)c3ccc(-c4nc5ccccc5s4)o3)c2)n1. The molecule has 0 aliphatic carbocycles. The molecule has 0 saturated carbocycles. The van der Waals surface area contributed by atoms with E-state index in [0.717, 1.165) is 15.2 Å². The van der Waals surface area contributed by atoms with Gasteiger partial charge in [0.05, 0.1) is 10.2 Å². The van der Waals surface area contributed by atoms with Crippen LogP contribution in [-0.2, 0) is 0 Å². The standard InChI is InChI=1S/C23H16N4O3S/c1-13-11-20(28)27-21(24-13)14-5-4-6-15(12-14)25-22(29)17-9-10-18(30-17)23-26-16-7-2-3-8-19(16)31-23/h2-12H,1H3,(H,25,29)(H,24,27,28). The summed E-state index contributed by atoms with van der Waals surface area (Å²) < 4.78 is 6.81. The van der Waals surface area contributed by atoms with E-state index >= 15 is 0 Å². The van der Waals surface area contributed by atoms with E-state index in [2.05, 4.69) is 20.3 Å². The molecule has 0 aliphatic heterocycles. The molecule has 5 aromatic rings. The summed E-state index contributed by atoms with van der Waals surface area (Å²) in [6.45, 7) is 1.75. The number of furan rings is 1. The number of rotatable bonds is 4. The predicted octanol–water partition coefficient (Wildman–Crippen LogP) is 4.87. The molecule has 2 aromatic carbocycles. The molecule has 8 heteroatoms. The van der Waals surface area contributed by atoms with E-state index in [1.807, 2.05) is 30.3 Å². The van der Waals surface area contributed by atoms with Crippen molar-refractivity contribution in [1.29, 1.82) is 0 Å². The minimum atomic E-state index is -0.379. The topological polar surface area (TPSA) is 101 Å². The third-order valence-corrected chi connectivity index (χ3v) is 5.65. The fraction of sp³-hybridized carbons (Fsp3) is 0.0435. The smallest absolute Gasteiger partial charge is 0.291 e. The van der Waals surface area contributed by atoms with Crippen LogP contribution in [0.25, 0.3) is 32.4 Å². The molecule has 0 fully saturated rings. The average molecular weight is 428 g/mol. The Kier molecular flexibility index (Phi) is 4.68. The lowest BCUT2D eigenvalue weighted by atomic mass is 10.2. The summed E-state index contributed by atoms with van der Waals surface area (Å²) in [5.74, 6) is 0.788. The Morgan fingerprint density at radius 1 is 1.03 bits per heavy atom. The maximum absolute atomic E-state index is 12.7. The summed E-state index contributed by atoms with van der Waals surface area (Å²) in [5.41, 5.74) is 2.53. The molecule has 0 bridgehead atoms. The van der Waals surface area contributed by atoms with Crippen molar-refractivity contribution in [2.75, 3.05) is 5.32 Å². The van der Waals surface area contributed by atoms with Crippen LogP contribution in [0, 0.1) is 6.92 Å². The lowest BCUT2D eigenvalue weighted by molar-refractivity contribution is 0.0997. The van der Waals surface area contributed by atoms with E-state index in [1.165, 1.54) is 17.4 Å². The summed E-state index contributed by atoms with van der Waals surface area (Å²) in [6.07, 6.45) is 0. The predicted molar refractivity (Wildman–Crippen MR) is 120 cm³/mol. The molecule has 152 valence electrons. The number of hydrogen-bond donors (Lipinski definition) is 2. The molecular formula is C23H16N4O3S. The molecular weight excluding hydrogens is 412 g/mol. The Hall–Kier alpha value is -4.04. The Balaban J connectivity index is 1.38. The van der Waals surface area contributed by atoms with Crippen LogP contribution >= 0.6 is 11.3 Å². The van der Waals surface area contributed by atoms with Gasteiger partial charge in [0.15, 0.2) is 16.5 Å². The lowest BCUT2D eigenvalue weighted by Crippen LogP contribution is -2.11. The van der Waals surface area contributed by atoms with Gasteiger partial charge in [-0.3, -0.25) is 9.59 Å². The molecule has 0 radical (unpaired) electrons. The molecule has 0 aliphatic rings. The van der Waals surface area contributed by atoms with E-state index in [9.17, 15) is 9.59 Å². The van der Waals surface area contributed by atoms with Gasteiger partial charge in [0, 0.05) is 23.0 Å². The van der Waals surface area contributed by atoms with Crippen molar-refractivity contribution < 1.29 is 9.21 Å². The number of para-hydroxylation sites is 1. The summed E-state index contributed by atoms with van der Waals surface area (Å²) in [6, 6.07) is 19.7. The first-order chi connectivity index (χ1) is 15.0. The lowest BCUT2D eigenvalue weighted by Gasteiger charge is -2.06. The first-order valence-corrected chi connectivity index (χ1v) is 10.3. The van der Waals surface area contributed by atoms with Crippen molar-refractivity contribution in [2.24, 2.45) is 0 Å². The van der Waals surface area contributed by atoms with E-state index in [-0.39, 0.29) is 17.2 Å². The quantitative estimate of drug-likeness (QED) is 0.425. The monoisotopic (exact) mass is 428 g/mol. The number of aryl methyl sites for hydroxylation is 1. The van der Waals surface area contributed by atoms with E-state index in [1.54, 1.807) is 37.3 Å². The zero-order valence-corrected chi connectivity index (χ0v) is 17.2. The zero-order chi connectivity index (χ0) is 21.4. The number of carbonyl (C=O) groups is 1. The number of hydrogen-bond acceptors (Lipinski definition) is 6. The van der Waals surface area contributed by atoms with Gasteiger partial charge in [0.2, 0.25) is 0 Å². The number of carbonyl (C=O) groups excluding carboxylic acids is 1. The van der Waals surface area contributed by atoms with E-state index in [4.69, 9.17) is 4.42 Å². The van der Waals surface area contributed by atoms with Gasteiger partial charge in [0.25, 0.3) is 11.5 Å². The second-order valence-corrected chi connectivity index (χ2v) is 7.95. The maximum atomic E-state index is 12.7. The number of nitrogens with zero attached hydrogens (tertiary/aromatic N) is 2. The molecule has 0 atom stereocenters. The van der Waals surface area contributed by atoms with Crippen LogP contribution in [0.1, 0.15) is 16.2 Å². The van der Waals surface area contributed by atoms with Crippen molar-refractivity contribution in [3.05, 3.63) is 88.5 Å². The van der Waals surface area contributed by atoms with Crippen molar-refractivity contribution in [3.63, 3.8) is 0 Å². The van der Waals surface area contributed by atoms with Gasteiger partial charge in [-0.15, -0.1) is 11.3 Å². The van der Waals surface area contributed by atoms with Crippen LogP contribution in [0.5, 0.6) is 0 Å². The number of nitrogens with one attached hydrogen (secondary N) is 2. The fourth-order valence-electron chi connectivity index (χ4n) is 3.21. The number of amides is 1. The molecule has 1 amide bonds. The summed E-state index contributed by atoms with van der Waals surface area (Å²) in [4.78, 5) is 36.0. The zero-order valence-electron chi connectivity index (χ0n) is 16.4. The molecule has 0 unspecified atom stereocenters. The first-order valence-electron chi connectivity index (χ1n) is 9.51. The van der Waals surface area contributed by atoms with Gasteiger partial charge in [-0.25, -0.2) is 9.97 Å². The number of aromatic nitrogens is 3. The minimum Gasteiger partial charge on any atom is -0.448 e. The maximum Gasteiger partial charge on any atom is 0.291 e. The van der Waals surface area contributed by atoms with Gasteiger partial charge in [-0.2, -0.15) is 0 Å². The summed E-state index contributed by atoms with van der Waals surface area (Å²) in [5, 5.41) is 3.54. The Morgan fingerprint density at radius 3 is 2.74 bits per heavy atom. The van der Waals surface area contributed by atoms with Crippen molar-refractivity contribution in [2.45, 2.75) is 6.92 Å².